The Morgan fingerprint density at radius 3 is 1.36 bits per heavy atom. The van der Waals surface area contributed by atoms with Crippen molar-refractivity contribution in [2.45, 2.75) is 0 Å². The summed E-state index contributed by atoms with van der Waals surface area (Å²) in [6.45, 7) is 0. The largest absolute Gasteiger partial charge is 0.456 e. The molecule has 0 fully saturated rings. The van der Waals surface area contributed by atoms with Crippen molar-refractivity contribution in [3.05, 3.63) is 170 Å². The molecule has 1 heterocycles. The molecule has 0 radical (unpaired) electrons. The van der Waals surface area contributed by atoms with Crippen molar-refractivity contribution in [2.24, 2.45) is 0 Å². The topological polar surface area (TPSA) is 13.1 Å². The fraction of sp³-hybridized carbons (Fsp3) is 0. The highest BCUT2D eigenvalue weighted by Crippen LogP contribution is 2.48. The quantitative estimate of drug-likeness (QED) is 0.191. The van der Waals surface area contributed by atoms with E-state index in [4.69, 9.17) is 4.42 Å². The number of hydrogen-bond donors (Lipinski definition) is 0. The Morgan fingerprint density at radius 2 is 0.733 bits per heavy atom. The number of para-hydroxylation sites is 1. The Labute approximate surface area is 261 Å². The van der Waals surface area contributed by atoms with Crippen molar-refractivity contribution >= 4 is 43.5 Å². The van der Waals surface area contributed by atoms with Gasteiger partial charge in [0.2, 0.25) is 0 Å². The summed E-state index contributed by atoms with van der Waals surface area (Å²) >= 11 is 0. The van der Waals surface area contributed by atoms with Crippen LogP contribution in [-0.4, -0.2) is 0 Å². The molecule has 0 atom stereocenters. The van der Waals surface area contributed by atoms with Gasteiger partial charge >= 0.3 is 0 Å². The van der Waals surface area contributed by atoms with E-state index in [0.717, 1.165) is 21.9 Å². The zero-order chi connectivity index (χ0) is 29.7. The van der Waals surface area contributed by atoms with Crippen molar-refractivity contribution in [3.8, 4) is 44.5 Å². The lowest BCUT2D eigenvalue weighted by Crippen LogP contribution is -1.93. The predicted molar refractivity (Wildman–Crippen MR) is 190 cm³/mol. The molecular weight excluding hydrogens is 544 g/mol. The molecule has 0 spiro atoms. The first-order valence-electron chi connectivity index (χ1n) is 15.4. The molecule has 0 unspecified atom stereocenters. The first-order chi connectivity index (χ1) is 22.3. The fourth-order valence-electron chi connectivity index (χ4n) is 7.02. The maximum atomic E-state index is 6.47. The molecule has 0 amide bonds. The number of fused-ring (bicyclic) bond motifs is 5. The van der Waals surface area contributed by atoms with Crippen LogP contribution in [0.4, 0.5) is 0 Å². The summed E-state index contributed by atoms with van der Waals surface area (Å²) in [5.41, 5.74) is 11.5. The molecule has 1 heteroatoms. The summed E-state index contributed by atoms with van der Waals surface area (Å²) in [6.07, 6.45) is 0. The van der Waals surface area contributed by atoms with E-state index >= 15 is 0 Å². The third-order valence-electron chi connectivity index (χ3n) is 9.08. The van der Waals surface area contributed by atoms with Gasteiger partial charge < -0.3 is 4.42 Å². The van der Waals surface area contributed by atoms with Crippen LogP contribution in [0, 0.1) is 0 Å². The van der Waals surface area contributed by atoms with Gasteiger partial charge in [0.1, 0.15) is 11.2 Å². The maximum absolute atomic E-state index is 6.47. The highest BCUT2D eigenvalue weighted by atomic mass is 16.3. The summed E-state index contributed by atoms with van der Waals surface area (Å²) in [5.74, 6) is 0. The van der Waals surface area contributed by atoms with Gasteiger partial charge in [0, 0.05) is 10.8 Å². The van der Waals surface area contributed by atoms with Gasteiger partial charge in [-0.3, -0.25) is 0 Å². The summed E-state index contributed by atoms with van der Waals surface area (Å²) in [4.78, 5) is 0. The normalized spacial score (nSPS) is 11.6. The highest BCUT2D eigenvalue weighted by molar-refractivity contribution is 6.23. The molecule has 0 saturated carbocycles. The average Bonchev–Trinajstić information content (AvgIpc) is 3.48. The van der Waals surface area contributed by atoms with Crippen molar-refractivity contribution < 1.29 is 4.42 Å². The molecule has 9 aromatic rings. The highest BCUT2D eigenvalue weighted by Gasteiger charge is 2.21. The minimum atomic E-state index is 0.902. The van der Waals surface area contributed by atoms with E-state index < -0.39 is 0 Å². The molecule has 0 saturated heterocycles. The van der Waals surface area contributed by atoms with E-state index in [-0.39, 0.29) is 0 Å². The molecule has 8 aromatic carbocycles. The molecule has 0 aliphatic carbocycles. The van der Waals surface area contributed by atoms with Crippen LogP contribution in [0.15, 0.2) is 174 Å². The summed E-state index contributed by atoms with van der Waals surface area (Å²) in [6, 6.07) is 61.0. The Hall–Kier alpha value is -5.92. The van der Waals surface area contributed by atoms with Gasteiger partial charge in [-0.1, -0.05) is 152 Å². The van der Waals surface area contributed by atoms with Gasteiger partial charge in [-0.2, -0.15) is 0 Å². The smallest absolute Gasteiger partial charge is 0.136 e. The van der Waals surface area contributed by atoms with Crippen LogP contribution in [0.1, 0.15) is 0 Å². The second kappa shape index (κ2) is 10.4. The minimum absolute atomic E-state index is 0.902. The van der Waals surface area contributed by atoms with Gasteiger partial charge in [-0.25, -0.2) is 0 Å². The van der Waals surface area contributed by atoms with Crippen LogP contribution in [0.25, 0.3) is 88.0 Å². The molecule has 0 bridgehead atoms. The van der Waals surface area contributed by atoms with E-state index in [1.165, 1.54) is 66.1 Å². The Bertz CT molecular complexity index is 2450. The van der Waals surface area contributed by atoms with Crippen LogP contribution >= 0.6 is 0 Å². The molecule has 1 aromatic heterocycles. The molecule has 1 nitrogen and oxygen atoms in total. The van der Waals surface area contributed by atoms with Gasteiger partial charge in [0.25, 0.3) is 0 Å². The Balaban J connectivity index is 1.36. The number of furan rings is 1. The molecule has 0 N–H and O–H groups in total. The van der Waals surface area contributed by atoms with Crippen molar-refractivity contribution in [3.63, 3.8) is 0 Å². The zero-order valence-electron chi connectivity index (χ0n) is 24.6. The predicted octanol–water partition coefficient (Wildman–Crippen LogP) is 12.6. The summed E-state index contributed by atoms with van der Waals surface area (Å²) < 4.78 is 6.47. The van der Waals surface area contributed by atoms with Crippen molar-refractivity contribution in [1.29, 1.82) is 0 Å². The van der Waals surface area contributed by atoms with Gasteiger partial charge in [0.15, 0.2) is 0 Å². The lowest BCUT2D eigenvalue weighted by molar-refractivity contribution is 0.669. The van der Waals surface area contributed by atoms with E-state index in [2.05, 4.69) is 164 Å². The van der Waals surface area contributed by atoms with Crippen LogP contribution < -0.4 is 0 Å². The maximum Gasteiger partial charge on any atom is 0.136 e. The second-order valence-corrected chi connectivity index (χ2v) is 11.6. The molecule has 9 rings (SSSR count). The van der Waals surface area contributed by atoms with Crippen molar-refractivity contribution in [2.75, 3.05) is 0 Å². The summed E-state index contributed by atoms with van der Waals surface area (Å²) in [5, 5.41) is 7.21. The molecule has 0 aliphatic heterocycles. The lowest BCUT2D eigenvalue weighted by Gasteiger charge is -2.20. The molecule has 210 valence electrons. The monoisotopic (exact) mass is 572 g/mol. The lowest BCUT2D eigenvalue weighted by atomic mass is 9.83. The van der Waals surface area contributed by atoms with Gasteiger partial charge in [-0.15, -0.1) is 0 Å². The first-order valence-corrected chi connectivity index (χ1v) is 15.4. The zero-order valence-corrected chi connectivity index (χ0v) is 24.6. The average molecular weight is 573 g/mol. The fourth-order valence-corrected chi connectivity index (χ4v) is 7.02. The number of benzene rings is 8. The van der Waals surface area contributed by atoms with Crippen LogP contribution in [0.2, 0.25) is 0 Å². The van der Waals surface area contributed by atoms with Gasteiger partial charge in [0.05, 0.1) is 0 Å². The second-order valence-electron chi connectivity index (χ2n) is 11.6. The minimum Gasteiger partial charge on any atom is -0.456 e. The third kappa shape index (κ3) is 4.17. The van der Waals surface area contributed by atoms with Gasteiger partial charge in [-0.05, 0) is 84.3 Å². The third-order valence-corrected chi connectivity index (χ3v) is 9.08. The first kappa shape index (κ1) is 25.6. The molecular formula is C44H28O. The standard InChI is InChI=1S/C44H28O/c1-3-13-29(14-4-1)30-23-25-32(26-24-30)43-34-18-7-9-20-36(34)44(37-21-10-8-19-35(37)43)40-28-42-39(33-17-11-12-22-41(33)45-42)27-38(40)31-15-5-2-6-16-31/h1-28H. The molecule has 0 aliphatic rings. The van der Waals surface area contributed by atoms with E-state index in [1.807, 2.05) is 6.07 Å². The Kier molecular flexibility index (Phi) is 5.89. The summed E-state index contributed by atoms with van der Waals surface area (Å²) in [7, 11) is 0. The van der Waals surface area contributed by atoms with Crippen LogP contribution in [0.5, 0.6) is 0 Å². The number of rotatable bonds is 4. The van der Waals surface area contributed by atoms with Crippen molar-refractivity contribution in [1.82, 2.24) is 0 Å². The van der Waals surface area contributed by atoms with E-state index in [0.29, 0.717) is 0 Å². The van der Waals surface area contributed by atoms with Crippen LogP contribution in [-0.2, 0) is 0 Å². The number of hydrogen-bond acceptors (Lipinski definition) is 1. The van der Waals surface area contributed by atoms with E-state index in [9.17, 15) is 0 Å². The molecule has 45 heavy (non-hydrogen) atoms. The van der Waals surface area contributed by atoms with E-state index in [1.54, 1.807) is 0 Å². The Morgan fingerprint density at radius 1 is 0.267 bits per heavy atom. The SMILES string of the molecule is c1ccc(-c2ccc(-c3c4ccccc4c(-c4cc5oc6ccccc6c5cc4-c4ccccc4)c4ccccc34)cc2)cc1. The van der Waals surface area contributed by atoms with Crippen LogP contribution in [0.3, 0.4) is 0 Å².